The minimum absolute atomic E-state index is 0.00332. The number of aromatic nitrogens is 2. The van der Waals surface area contributed by atoms with Crippen LogP contribution in [0.5, 0.6) is 0 Å². The number of nitrogens with zero attached hydrogens (tertiary/aromatic N) is 1. The summed E-state index contributed by atoms with van der Waals surface area (Å²) in [6.45, 7) is 0. The molecule has 0 aliphatic carbocycles. The molecule has 1 N–H and O–H groups in total. The maximum atomic E-state index is 12.7. The summed E-state index contributed by atoms with van der Waals surface area (Å²) in [6, 6.07) is 29.5. The number of hydrogen-bond acceptors (Lipinski definition) is 2. The molecule has 0 amide bonds. The minimum Gasteiger partial charge on any atom is -0.353 e. The predicted octanol–water partition coefficient (Wildman–Crippen LogP) is 5.41. The average Bonchev–Trinajstić information content (AvgIpc) is 2.74. The molecule has 0 aliphatic heterocycles. The van der Waals surface area contributed by atoms with Gasteiger partial charge in [0.1, 0.15) is 0 Å². The van der Waals surface area contributed by atoms with Crippen molar-refractivity contribution in [3.05, 3.63) is 101 Å². The van der Waals surface area contributed by atoms with Gasteiger partial charge in [-0.2, -0.15) is 0 Å². The van der Waals surface area contributed by atoms with Gasteiger partial charge in [-0.3, -0.25) is 4.79 Å². The summed E-state index contributed by atoms with van der Waals surface area (Å²) in [6.07, 6.45) is 0. The fourth-order valence-electron chi connectivity index (χ4n) is 3.44. The van der Waals surface area contributed by atoms with E-state index in [-0.39, 0.29) is 5.43 Å². The first-order chi connectivity index (χ1) is 13.3. The van der Waals surface area contributed by atoms with E-state index in [9.17, 15) is 4.79 Å². The van der Waals surface area contributed by atoms with E-state index in [0.717, 1.165) is 38.9 Å². The fraction of sp³-hybridized carbons (Fsp3) is 0. The molecular formula is C24H16N2O. The molecule has 0 fully saturated rings. The van der Waals surface area contributed by atoms with Crippen molar-refractivity contribution in [2.45, 2.75) is 0 Å². The second-order valence-corrected chi connectivity index (χ2v) is 6.54. The summed E-state index contributed by atoms with van der Waals surface area (Å²) in [5, 5.41) is 1.66. The zero-order valence-corrected chi connectivity index (χ0v) is 14.5. The summed E-state index contributed by atoms with van der Waals surface area (Å²) in [4.78, 5) is 21.0. The van der Waals surface area contributed by atoms with Crippen LogP contribution < -0.4 is 5.43 Å². The Morgan fingerprint density at radius 3 is 2.11 bits per heavy atom. The molecule has 0 unspecified atom stereocenters. The molecule has 0 atom stereocenters. The first-order valence-electron chi connectivity index (χ1n) is 8.87. The van der Waals surface area contributed by atoms with E-state index < -0.39 is 0 Å². The van der Waals surface area contributed by atoms with Crippen LogP contribution in [0.2, 0.25) is 0 Å². The van der Waals surface area contributed by atoms with E-state index in [1.807, 2.05) is 78.9 Å². The van der Waals surface area contributed by atoms with Gasteiger partial charge in [-0.05, 0) is 17.7 Å². The highest BCUT2D eigenvalue weighted by atomic mass is 16.1. The van der Waals surface area contributed by atoms with Crippen molar-refractivity contribution in [3.8, 4) is 22.5 Å². The topological polar surface area (TPSA) is 45.8 Å². The van der Waals surface area contributed by atoms with Crippen molar-refractivity contribution < 1.29 is 0 Å². The molecule has 2 heterocycles. The number of aromatic amines is 1. The molecule has 0 saturated carbocycles. The van der Waals surface area contributed by atoms with Crippen LogP contribution in [0.25, 0.3) is 44.3 Å². The van der Waals surface area contributed by atoms with Crippen LogP contribution in [0.4, 0.5) is 0 Å². The quantitative estimate of drug-likeness (QED) is 0.434. The monoisotopic (exact) mass is 348 g/mol. The molecule has 0 spiro atoms. The van der Waals surface area contributed by atoms with E-state index >= 15 is 0 Å². The van der Waals surface area contributed by atoms with Gasteiger partial charge in [0.25, 0.3) is 0 Å². The third-order valence-electron chi connectivity index (χ3n) is 4.82. The lowest BCUT2D eigenvalue weighted by Crippen LogP contribution is -2.04. The van der Waals surface area contributed by atoms with Crippen molar-refractivity contribution in [2.75, 3.05) is 0 Å². The Hall–Kier alpha value is -3.72. The van der Waals surface area contributed by atoms with Crippen LogP contribution in [0.15, 0.2) is 95.8 Å². The number of fused-ring (bicyclic) bond motifs is 3. The Morgan fingerprint density at radius 2 is 1.37 bits per heavy atom. The second-order valence-electron chi connectivity index (χ2n) is 6.54. The molecule has 5 aromatic rings. The lowest BCUT2D eigenvalue weighted by atomic mass is 10.1. The third-order valence-corrected chi connectivity index (χ3v) is 4.82. The highest BCUT2D eigenvalue weighted by Gasteiger charge is 2.10. The zero-order valence-electron chi connectivity index (χ0n) is 14.5. The van der Waals surface area contributed by atoms with Crippen LogP contribution in [-0.4, -0.2) is 9.97 Å². The van der Waals surface area contributed by atoms with Crippen molar-refractivity contribution in [2.24, 2.45) is 0 Å². The van der Waals surface area contributed by atoms with Crippen LogP contribution in [-0.2, 0) is 0 Å². The van der Waals surface area contributed by atoms with Crippen LogP contribution in [0.1, 0.15) is 0 Å². The van der Waals surface area contributed by atoms with Crippen LogP contribution >= 0.6 is 0 Å². The first-order valence-corrected chi connectivity index (χ1v) is 8.87. The van der Waals surface area contributed by atoms with Gasteiger partial charge in [0.05, 0.1) is 16.7 Å². The molecule has 0 radical (unpaired) electrons. The van der Waals surface area contributed by atoms with Gasteiger partial charge in [-0.15, -0.1) is 0 Å². The van der Waals surface area contributed by atoms with Crippen LogP contribution in [0, 0.1) is 0 Å². The molecule has 3 heteroatoms. The largest absolute Gasteiger partial charge is 0.353 e. The van der Waals surface area contributed by atoms with Crippen molar-refractivity contribution >= 4 is 21.8 Å². The third kappa shape index (κ3) is 2.70. The molecule has 0 saturated heterocycles. The number of rotatable bonds is 2. The van der Waals surface area contributed by atoms with Gasteiger partial charge in [0.15, 0.2) is 5.43 Å². The Labute approximate surface area is 156 Å². The molecular weight excluding hydrogens is 332 g/mol. The number of benzene rings is 3. The Morgan fingerprint density at radius 1 is 0.704 bits per heavy atom. The molecule has 5 rings (SSSR count). The average molecular weight is 348 g/mol. The molecule has 0 aliphatic rings. The lowest BCUT2D eigenvalue weighted by molar-refractivity contribution is 1.35. The van der Waals surface area contributed by atoms with Gasteiger partial charge in [-0.25, -0.2) is 4.98 Å². The minimum atomic E-state index is -0.00332. The van der Waals surface area contributed by atoms with Gasteiger partial charge in [0.2, 0.25) is 0 Å². The number of nitrogens with one attached hydrogen (secondary N) is 1. The smallest absolute Gasteiger partial charge is 0.190 e. The Kier molecular flexibility index (Phi) is 3.58. The summed E-state index contributed by atoms with van der Waals surface area (Å²) >= 11 is 0. The Bertz CT molecular complexity index is 1320. The fourth-order valence-corrected chi connectivity index (χ4v) is 3.44. The molecule has 27 heavy (non-hydrogen) atoms. The lowest BCUT2D eigenvalue weighted by Gasteiger charge is -2.09. The maximum absolute atomic E-state index is 12.7. The van der Waals surface area contributed by atoms with E-state index in [1.54, 1.807) is 6.07 Å². The summed E-state index contributed by atoms with van der Waals surface area (Å²) in [7, 11) is 0. The van der Waals surface area contributed by atoms with E-state index in [0.29, 0.717) is 5.39 Å². The standard InChI is InChI=1S/C24H16N2O/c27-22-15-21(17-9-5-2-6-10-17)26-24-19(22)13-11-18-12-14-20(25-23(18)24)16-7-3-1-4-8-16/h1-15H,(H,26,27). The summed E-state index contributed by atoms with van der Waals surface area (Å²) in [5.74, 6) is 0. The van der Waals surface area contributed by atoms with Gasteiger partial charge in [0, 0.05) is 28.1 Å². The molecule has 3 aromatic carbocycles. The number of H-pyrrole nitrogens is 1. The van der Waals surface area contributed by atoms with E-state index in [1.165, 1.54) is 0 Å². The number of pyridine rings is 2. The van der Waals surface area contributed by atoms with Gasteiger partial charge >= 0.3 is 0 Å². The molecule has 128 valence electrons. The Balaban J connectivity index is 1.82. The SMILES string of the molecule is O=c1cc(-c2ccccc2)[nH]c2c1ccc1ccc(-c3ccccc3)nc12. The highest BCUT2D eigenvalue weighted by Crippen LogP contribution is 2.26. The van der Waals surface area contributed by atoms with Crippen LogP contribution in [0.3, 0.4) is 0 Å². The van der Waals surface area contributed by atoms with Crippen molar-refractivity contribution in [1.82, 2.24) is 9.97 Å². The van der Waals surface area contributed by atoms with E-state index in [4.69, 9.17) is 4.98 Å². The highest BCUT2D eigenvalue weighted by molar-refractivity contribution is 6.04. The van der Waals surface area contributed by atoms with Gasteiger partial charge < -0.3 is 4.98 Å². The molecule has 0 bridgehead atoms. The van der Waals surface area contributed by atoms with Crippen molar-refractivity contribution in [1.29, 1.82) is 0 Å². The zero-order chi connectivity index (χ0) is 18.2. The van der Waals surface area contributed by atoms with Gasteiger partial charge in [-0.1, -0.05) is 72.8 Å². The summed E-state index contributed by atoms with van der Waals surface area (Å²) < 4.78 is 0. The first kappa shape index (κ1) is 15.5. The maximum Gasteiger partial charge on any atom is 0.190 e. The second kappa shape index (κ2) is 6.22. The predicted molar refractivity (Wildman–Crippen MR) is 111 cm³/mol. The van der Waals surface area contributed by atoms with E-state index in [2.05, 4.69) is 11.1 Å². The number of hydrogen-bond donors (Lipinski definition) is 1. The molecule has 3 nitrogen and oxygen atoms in total. The normalized spacial score (nSPS) is 11.1. The van der Waals surface area contributed by atoms with Crippen molar-refractivity contribution in [3.63, 3.8) is 0 Å². The summed E-state index contributed by atoms with van der Waals surface area (Å²) in [5.41, 5.74) is 5.30. The molecule has 2 aromatic heterocycles.